The van der Waals surface area contributed by atoms with Crippen molar-refractivity contribution in [3.63, 3.8) is 0 Å². The lowest BCUT2D eigenvalue weighted by atomic mass is 9.97. The van der Waals surface area contributed by atoms with E-state index in [9.17, 15) is 0 Å². The van der Waals surface area contributed by atoms with Gasteiger partial charge in [0.25, 0.3) is 0 Å². The standard InChI is InChI=1S/C18H19ClO/c1-2-20-14-6-9-18(15-7-4-3-5-8-15)16-10-12-17(19)13-11-16/h3-5,7-13H,2,6,14H2,1H3/b18-9+. The summed E-state index contributed by atoms with van der Waals surface area (Å²) in [7, 11) is 0. The van der Waals surface area contributed by atoms with Crippen molar-refractivity contribution in [3.05, 3.63) is 76.8 Å². The van der Waals surface area contributed by atoms with Crippen LogP contribution in [0.4, 0.5) is 0 Å². The van der Waals surface area contributed by atoms with E-state index in [1.807, 2.05) is 25.1 Å². The number of benzene rings is 2. The molecule has 1 nitrogen and oxygen atoms in total. The molecule has 0 heterocycles. The highest BCUT2D eigenvalue weighted by Crippen LogP contribution is 2.25. The molecule has 0 aliphatic carbocycles. The second-order valence-corrected chi connectivity index (χ2v) is 4.91. The fourth-order valence-electron chi connectivity index (χ4n) is 2.08. The average Bonchev–Trinajstić information content (AvgIpc) is 2.50. The highest BCUT2D eigenvalue weighted by Gasteiger charge is 2.04. The summed E-state index contributed by atoms with van der Waals surface area (Å²) in [5.74, 6) is 0. The normalized spacial score (nSPS) is 11.6. The largest absolute Gasteiger partial charge is 0.381 e. The lowest BCUT2D eigenvalue weighted by Gasteiger charge is -2.09. The lowest BCUT2D eigenvalue weighted by Crippen LogP contribution is -1.93. The molecular weight excluding hydrogens is 268 g/mol. The Morgan fingerprint density at radius 3 is 2.30 bits per heavy atom. The van der Waals surface area contributed by atoms with Gasteiger partial charge < -0.3 is 4.74 Å². The fraction of sp³-hybridized carbons (Fsp3) is 0.222. The number of hydrogen-bond acceptors (Lipinski definition) is 1. The SMILES string of the molecule is CCOCC/C=C(\c1ccccc1)c1ccc(Cl)cc1. The van der Waals surface area contributed by atoms with E-state index in [1.165, 1.54) is 16.7 Å². The maximum Gasteiger partial charge on any atom is 0.0500 e. The third-order valence-corrected chi connectivity index (χ3v) is 3.31. The molecule has 0 fully saturated rings. The van der Waals surface area contributed by atoms with E-state index >= 15 is 0 Å². The molecule has 0 unspecified atom stereocenters. The third-order valence-electron chi connectivity index (χ3n) is 3.05. The van der Waals surface area contributed by atoms with Gasteiger partial charge >= 0.3 is 0 Å². The van der Waals surface area contributed by atoms with Gasteiger partial charge in [-0.1, -0.05) is 60.1 Å². The fourth-order valence-corrected chi connectivity index (χ4v) is 2.21. The van der Waals surface area contributed by atoms with Crippen LogP contribution in [0.1, 0.15) is 24.5 Å². The van der Waals surface area contributed by atoms with Crippen LogP contribution in [0.3, 0.4) is 0 Å². The first-order chi connectivity index (χ1) is 9.81. The zero-order valence-corrected chi connectivity index (χ0v) is 12.4. The lowest BCUT2D eigenvalue weighted by molar-refractivity contribution is 0.152. The Labute approximate surface area is 125 Å². The molecule has 0 spiro atoms. The Balaban J connectivity index is 2.27. The van der Waals surface area contributed by atoms with Gasteiger partial charge in [0.1, 0.15) is 0 Å². The monoisotopic (exact) mass is 286 g/mol. The average molecular weight is 287 g/mol. The molecule has 0 saturated heterocycles. The summed E-state index contributed by atoms with van der Waals surface area (Å²) in [5, 5.41) is 0.760. The highest BCUT2D eigenvalue weighted by atomic mass is 35.5. The Morgan fingerprint density at radius 1 is 1.00 bits per heavy atom. The van der Waals surface area contributed by atoms with E-state index in [-0.39, 0.29) is 0 Å². The van der Waals surface area contributed by atoms with E-state index in [0.29, 0.717) is 0 Å². The van der Waals surface area contributed by atoms with Crippen LogP contribution in [0.25, 0.3) is 5.57 Å². The smallest absolute Gasteiger partial charge is 0.0500 e. The Morgan fingerprint density at radius 2 is 1.65 bits per heavy atom. The molecule has 0 radical (unpaired) electrons. The van der Waals surface area contributed by atoms with Crippen LogP contribution < -0.4 is 0 Å². The zero-order chi connectivity index (χ0) is 14.2. The second kappa shape index (κ2) is 7.88. The van der Waals surface area contributed by atoms with Crippen molar-refractivity contribution in [2.75, 3.05) is 13.2 Å². The Kier molecular flexibility index (Phi) is 5.85. The van der Waals surface area contributed by atoms with Gasteiger partial charge in [0, 0.05) is 11.6 Å². The molecule has 0 aliphatic heterocycles. The van der Waals surface area contributed by atoms with E-state index in [0.717, 1.165) is 24.7 Å². The van der Waals surface area contributed by atoms with Gasteiger partial charge in [0.15, 0.2) is 0 Å². The zero-order valence-electron chi connectivity index (χ0n) is 11.7. The van der Waals surface area contributed by atoms with Gasteiger partial charge in [-0.15, -0.1) is 0 Å². The molecule has 104 valence electrons. The first-order valence-electron chi connectivity index (χ1n) is 6.90. The molecule has 0 N–H and O–H groups in total. The van der Waals surface area contributed by atoms with Crippen LogP contribution in [-0.2, 0) is 4.74 Å². The molecule has 20 heavy (non-hydrogen) atoms. The molecule has 2 aromatic rings. The van der Waals surface area contributed by atoms with Crippen molar-refractivity contribution < 1.29 is 4.74 Å². The summed E-state index contributed by atoms with van der Waals surface area (Å²) in [6, 6.07) is 18.4. The summed E-state index contributed by atoms with van der Waals surface area (Å²) in [6.45, 7) is 3.52. The Bertz CT molecular complexity index is 543. The first-order valence-corrected chi connectivity index (χ1v) is 7.28. The van der Waals surface area contributed by atoms with Gasteiger partial charge in [0.2, 0.25) is 0 Å². The minimum Gasteiger partial charge on any atom is -0.381 e. The van der Waals surface area contributed by atoms with Crippen LogP contribution in [0.15, 0.2) is 60.7 Å². The van der Waals surface area contributed by atoms with Crippen LogP contribution in [0.2, 0.25) is 5.02 Å². The van der Waals surface area contributed by atoms with Crippen molar-refractivity contribution in [1.29, 1.82) is 0 Å². The minimum atomic E-state index is 0.750. The van der Waals surface area contributed by atoms with Crippen LogP contribution in [0, 0.1) is 0 Å². The maximum atomic E-state index is 5.97. The van der Waals surface area contributed by atoms with E-state index in [4.69, 9.17) is 16.3 Å². The molecule has 0 saturated carbocycles. The van der Waals surface area contributed by atoms with Crippen LogP contribution >= 0.6 is 11.6 Å². The van der Waals surface area contributed by atoms with Crippen molar-refractivity contribution in [2.45, 2.75) is 13.3 Å². The first kappa shape index (κ1) is 14.8. The molecular formula is C18H19ClO. The summed E-state index contributed by atoms with van der Waals surface area (Å²) >= 11 is 5.97. The minimum absolute atomic E-state index is 0.750. The quantitative estimate of drug-likeness (QED) is 0.663. The summed E-state index contributed by atoms with van der Waals surface area (Å²) in [6.07, 6.45) is 3.13. The number of rotatable bonds is 6. The predicted octanol–water partition coefficient (Wildman–Crippen LogP) is 5.20. The van der Waals surface area contributed by atoms with Crippen molar-refractivity contribution in [1.82, 2.24) is 0 Å². The van der Waals surface area contributed by atoms with Crippen molar-refractivity contribution in [3.8, 4) is 0 Å². The molecule has 2 heteroatoms. The molecule has 0 aliphatic rings. The van der Waals surface area contributed by atoms with Crippen LogP contribution in [-0.4, -0.2) is 13.2 Å². The maximum absolute atomic E-state index is 5.97. The van der Waals surface area contributed by atoms with Gasteiger partial charge in [-0.2, -0.15) is 0 Å². The second-order valence-electron chi connectivity index (χ2n) is 4.48. The van der Waals surface area contributed by atoms with E-state index < -0.39 is 0 Å². The topological polar surface area (TPSA) is 9.23 Å². The summed E-state index contributed by atoms with van der Waals surface area (Å²) < 4.78 is 5.41. The van der Waals surface area contributed by atoms with Gasteiger partial charge in [0.05, 0.1) is 6.61 Å². The number of hydrogen-bond donors (Lipinski definition) is 0. The van der Waals surface area contributed by atoms with Gasteiger partial charge in [-0.25, -0.2) is 0 Å². The van der Waals surface area contributed by atoms with Crippen LogP contribution in [0.5, 0.6) is 0 Å². The Hall–Kier alpha value is -1.57. The number of ether oxygens (including phenoxy) is 1. The van der Waals surface area contributed by atoms with Crippen molar-refractivity contribution in [2.24, 2.45) is 0 Å². The van der Waals surface area contributed by atoms with Crippen molar-refractivity contribution >= 4 is 17.2 Å². The molecule has 2 aromatic carbocycles. The molecule has 0 aromatic heterocycles. The molecule has 2 rings (SSSR count). The number of halogens is 1. The molecule has 0 amide bonds. The highest BCUT2D eigenvalue weighted by molar-refractivity contribution is 6.30. The summed E-state index contributed by atoms with van der Waals surface area (Å²) in [5.41, 5.74) is 3.62. The molecule has 0 atom stereocenters. The third kappa shape index (κ3) is 4.22. The molecule has 0 bridgehead atoms. The van der Waals surface area contributed by atoms with E-state index in [1.54, 1.807) is 0 Å². The van der Waals surface area contributed by atoms with Gasteiger partial charge in [-0.3, -0.25) is 0 Å². The predicted molar refractivity (Wildman–Crippen MR) is 86.1 cm³/mol. The van der Waals surface area contributed by atoms with E-state index in [2.05, 4.69) is 42.5 Å². The summed E-state index contributed by atoms with van der Waals surface area (Å²) in [4.78, 5) is 0. The van der Waals surface area contributed by atoms with Gasteiger partial charge in [-0.05, 0) is 42.2 Å².